The first kappa shape index (κ1) is 34.0. The van der Waals surface area contributed by atoms with Crippen molar-refractivity contribution in [1.29, 1.82) is 5.26 Å². The van der Waals surface area contributed by atoms with Crippen LogP contribution in [0.25, 0.3) is 11.1 Å². The number of benzene rings is 3. The summed E-state index contributed by atoms with van der Waals surface area (Å²) in [5.41, 5.74) is 4.28. The molecule has 0 radical (unpaired) electrons. The van der Waals surface area contributed by atoms with Crippen LogP contribution in [0.4, 0.5) is 16.2 Å². The smallest absolute Gasteiger partial charge is 0.410 e. The fourth-order valence-electron chi connectivity index (χ4n) is 6.76. The van der Waals surface area contributed by atoms with Gasteiger partial charge in [0.25, 0.3) is 5.91 Å². The number of ether oxygens (including phenoxy) is 3. The quantitative estimate of drug-likeness (QED) is 0.239. The summed E-state index contributed by atoms with van der Waals surface area (Å²) in [5, 5.41) is 9.26. The molecule has 2 heterocycles. The number of methoxy groups -OCH3 is 1. The number of nitriles is 1. The van der Waals surface area contributed by atoms with Crippen molar-refractivity contribution in [2.24, 2.45) is 5.92 Å². The van der Waals surface area contributed by atoms with Crippen LogP contribution in [0.15, 0.2) is 66.7 Å². The Morgan fingerprint density at radius 3 is 2.49 bits per heavy atom. The lowest BCUT2D eigenvalue weighted by molar-refractivity contribution is -0.124. The summed E-state index contributed by atoms with van der Waals surface area (Å²) in [7, 11) is 1.64. The largest absolute Gasteiger partial charge is 0.482 e. The normalized spacial score (nSPS) is 19.0. The van der Waals surface area contributed by atoms with Crippen LogP contribution in [-0.2, 0) is 19.1 Å². The van der Waals surface area contributed by atoms with Crippen molar-refractivity contribution in [2.45, 2.75) is 64.0 Å². The minimum absolute atomic E-state index is 0.0234. The van der Waals surface area contributed by atoms with E-state index in [2.05, 4.69) is 18.2 Å². The summed E-state index contributed by atoms with van der Waals surface area (Å²) in [5.74, 6) is -0.273. The first-order valence-electron chi connectivity index (χ1n) is 17.0. The third-order valence-corrected chi connectivity index (χ3v) is 9.29. The van der Waals surface area contributed by atoms with Crippen molar-refractivity contribution >= 4 is 29.3 Å². The van der Waals surface area contributed by atoms with E-state index >= 15 is 0 Å². The zero-order valence-electron chi connectivity index (χ0n) is 28.7. The Morgan fingerprint density at radius 2 is 1.80 bits per heavy atom. The molecule has 3 aromatic carbocycles. The summed E-state index contributed by atoms with van der Waals surface area (Å²) >= 11 is 0. The number of rotatable bonds is 9. The molecule has 10 heteroatoms. The molecule has 256 valence electrons. The van der Waals surface area contributed by atoms with E-state index in [1.54, 1.807) is 29.0 Å². The summed E-state index contributed by atoms with van der Waals surface area (Å²) in [4.78, 5) is 46.5. The zero-order chi connectivity index (χ0) is 34.7. The molecule has 6 rings (SSSR count). The molecule has 0 spiro atoms. The van der Waals surface area contributed by atoms with Crippen LogP contribution in [0.2, 0.25) is 0 Å². The summed E-state index contributed by atoms with van der Waals surface area (Å²) < 4.78 is 16.8. The molecular formula is C39H44N4O6. The van der Waals surface area contributed by atoms with Gasteiger partial charge >= 0.3 is 6.09 Å². The van der Waals surface area contributed by atoms with Gasteiger partial charge < -0.3 is 28.9 Å². The fraction of sp³-hybridized carbons (Fsp3) is 0.436. The fourth-order valence-corrected chi connectivity index (χ4v) is 6.76. The van der Waals surface area contributed by atoms with Gasteiger partial charge in [0.15, 0.2) is 6.61 Å². The average Bonchev–Trinajstić information content (AvgIpc) is 3.94. The van der Waals surface area contributed by atoms with E-state index in [1.165, 1.54) is 0 Å². The van der Waals surface area contributed by atoms with Gasteiger partial charge in [-0.25, -0.2) is 4.79 Å². The standard InChI is InChI=1S/C39H44N4O6/c1-39(2,3)49-38(46)41-19-17-32(29-8-5-7-28(21-29)27-11-9-26(23-40)10-12-27)33(24-41)37(45)43(30-13-14-30)31-15-16-35-34(22-31)42(18-6-20-47-4)36(44)25-48-35/h5,7-12,15-16,21-22,30,32-33H,6,13-14,17-20,24-25H2,1-4H3/t32-,33+/m1/s1. The van der Waals surface area contributed by atoms with E-state index in [4.69, 9.17) is 14.2 Å². The summed E-state index contributed by atoms with van der Waals surface area (Å²) in [6.45, 7) is 7.18. The number of anilines is 2. The lowest BCUT2D eigenvalue weighted by Crippen LogP contribution is -2.51. The second-order valence-corrected chi connectivity index (χ2v) is 14.0. The number of hydrogen-bond donors (Lipinski definition) is 0. The Hall–Kier alpha value is -4.88. The Morgan fingerprint density at radius 1 is 1.02 bits per heavy atom. The average molecular weight is 665 g/mol. The van der Waals surface area contributed by atoms with Crippen LogP contribution >= 0.6 is 0 Å². The van der Waals surface area contributed by atoms with Gasteiger partial charge in [0.1, 0.15) is 11.4 Å². The minimum atomic E-state index is -0.666. The van der Waals surface area contributed by atoms with Crippen LogP contribution in [0, 0.1) is 17.2 Å². The van der Waals surface area contributed by atoms with Gasteiger partial charge in [-0.3, -0.25) is 9.59 Å². The van der Waals surface area contributed by atoms with Gasteiger partial charge in [-0.1, -0.05) is 36.4 Å². The molecule has 49 heavy (non-hydrogen) atoms. The predicted molar refractivity (Wildman–Crippen MR) is 187 cm³/mol. The summed E-state index contributed by atoms with van der Waals surface area (Å²) in [6, 6.07) is 23.5. The van der Waals surface area contributed by atoms with Crippen molar-refractivity contribution in [3.8, 4) is 22.9 Å². The highest BCUT2D eigenvalue weighted by Crippen LogP contribution is 2.43. The van der Waals surface area contributed by atoms with Gasteiger partial charge in [-0.15, -0.1) is 0 Å². The SMILES string of the molecule is COCCCN1C(=O)COc2ccc(N(C(=O)[C@H]3CN(C(=O)OC(C)(C)C)CC[C@@H]3c3cccc(-c4ccc(C#N)cc4)c3)C3CC3)cc21. The van der Waals surface area contributed by atoms with E-state index in [-0.39, 0.29) is 36.9 Å². The minimum Gasteiger partial charge on any atom is -0.482 e. The van der Waals surface area contributed by atoms with Crippen molar-refractivity contribution in [2.75, 3.05) is 49.8 Å². The number of amides is 3. The second-order valence-electron chi connectivity index (χ2n) is 14.0. The van der Waals surface area contributed by atoms with Gasteiger partial charge in [-0.05, 0) is 99.4 Å². The van der Waals surface area contributed by atoms with E-state index in [1.807, 2.05) is 68.1 Å². The number of likely N-dealkylation sites (tertiary alicyclic amines) is 1. The Bertz CT molecular complexity index is 1740. The highest BCUT2D eigenvalue weighted by molar-refractivity contribution is 6.01. The van der Waals surface area contributed by atoms with Crippen LogP contribution in [0.5, 0.6) is 5.75 Å². The van der Waals surface area contributed by atoms with Crippen molar-refractivity contribution in [3.05, 3.63) is 77.9 Å². The Balaban J connectivity index is 1.35. The Kier molecular flexibility index (Phi) is 9.93. The molecule has 3 aliphatic rings. The third kappa shape index (κ3) is 7.73. The first-order valence-corrected chi connectivity index (χ1v) is 17.0. The van der Waals surface area contributed by atoms with Gasteiger partial charge in [-0.2, -0.15) is 5.26 Å². The maximum Gasteiger partial charge on any atom is 0.410 e. The second kappa shape index (κ2) is 14.3. The molecule has 0 aromatic heterocycles. The van der Waals surface area contributed by atoms with Crippen LogP contribution in [-0.4, -0.2) is 74.4 Å². The number of piperidine rings is 1. The molecule has 1 aliphatic carbocycles. The van der Waals surface area contributed by atoms with Gasteiger partial charge in [0, 0.05) is 45.1 Å². The molecule has 1 saturated carbocycles. The van der Waals surface area contributed by atoms with Crippen molar-refractivity contribution in [3.63, 3.8) is 0 Å². The van der Waals surface area contributed by atoms with Crippen LogP contribution < -0.4 is 14.5 Å². The summed E-state index contributed by atoms with van der Waals surface area (Å²) in [6.07, 6.45) is 2.58. The number of carbonyl (C=O) groups excluding carboxylic acids is 3. The molecule has 0 bridgehead atoms. The molecule has 0 unspecified atom stereocenters. The molecule has 1 saturated heterocycles. The van der Waals surface area contributed by atoms with Crippen LogP contribution in [0.3, 0.4) is 0 Å². The van der Waals surface area contributed by atoms with Crippen LogP contribution in [0.1, 0.15) is 63.5 Å². The van der Waals surface area contributed by atoms with E-state index < -0.39 is 17.6 Å². The van der Waals surface area contributed by atoms with E-state index in [0.29, 0.717) is 55.2 Å². The highest BCUT2D eigenvalue weighted by Gasteiger charge is 2.44. The number of nitrogens with zero attached hydrogens (tertiary/aromatic N) is 4. The molecule has 3 amide bonds. The van der Waals surface area contributed by atoms with E-state index in [0.717, 1.165) is 29.5 Å². The molecule has 3 aromatic rings. The maximum absolute atomic E-state index is 15.0. The number of fused-ring (bicyclic) bond motifs is 1. The van der Waals surface area contributed by atoms with E-state index in [9.17, 15) is 19.6 Å². The predicted octanol–water partition coefficient (Wildman–Crippen LogP) is 6.52. The van der Waals surface area contributed by atoms with Crippen molar-refractivity contribution in [1.82, 2.24) is 4.90 Å². The lowest BCUT2D eigenvalue weighted by atomic mass is 9.78. The molecule has 2 fully saturated rings. The molecule has 2 aliphatic heterocycles. The van der Waals surface area contributed by atoms with Crippen molar-refractivity contribution < 1.29 is 28.6 Å². The third-order valence-electron chi connectivity index (χ3n) is 9.29. The highest BCUT2D eigenvalue weighted by atomic mass is 16.6. The van der Waals surface area contributed by atoms with Gasteiger partial charge in [0.2, 0.25) is 5.91 Å². The molecule has 0 N–H and O–H groups in total. The topological polar surface area (TPSA) is 112 Å². The Labute approximate surface area is 288 Å². The first-order chi connectivity index (χ1) is 23.6. The molecule has 10 nitrogen and oxygen atoms in total. The number of carbonyl (C=O) groups is 3. The molecular weight excluding hydrogens is 620 g/mol. The lowest BCUT2D eigenvalue weighted by Gasteiger charge is -2.41. The monoisotopic (exact) mass is 664 g/mol. The number of hydrogen-bond acceptors (Lipinski definition) is 7. The maximum atomic E-state index is 15.0. The van der Waals surface area contributed by atoms with Gasteiger partial charge in [0.05, 0.1) is 23.2 Å². The zero-order valence-corrected chi connectivity index (χ0v) is 28.7. The molecule has 2 atom stereocenters.